The van der Waals surface area contributed by atoms with Gasteiger partial charge in [-0.2, -0.15) is 13.2 Å². The first-order chi connectivity index (χ1) is 12.3. The van der Waals surface area contributed by atoms with Crippen LogP contribution in [-0.2, 0) is 17.4 Å². The van der Waals surface area contributed by atoms with E-state index in [4.69, 9.17) is 0 Å². The molecule has 140 valence electrons. The minimum absolute atomic E-state index is 0.0793. The lowest BCUT2D eigenvalue weighted by molar-refractivity contribution is -0.137. The molecular formula is C17H16BrF4N3O. The highest BCUT2D eigenvalue weighted by Crippen LogP contribution is 2.33. The molecule has 1 heterocycles. The maximum absolute atomic E-state index is 13.7. The number of carbonyl (C=O) groups is 1. The van der Waals surface area contributed by atoms with E-state index in [1.807, 2.05) is 0 Å². The summed E-state index contributed by atoms with van der Waals surface area (Å²) in [6.45, 7) is 0.202. The molecule has 0 spiro atoms. The van der Waals surface area contributed by atoms with Crippen LogP contribution >= 0.6 is 15.9 Å². The van der Waals surface area contributed by atoms with Crippen LogP contribution in [0.1, 0.15) is 17.5 Å². The van der Waals surface area contributed by atoms with Gasteiger partial charge in [-0.1, -0.05) is 22.0 Å². The molecule has 1 aromatic carbocycles. The Kier molecular flexibility index (Phi) is 6.96. The summed E-state index contributed by atoms with van der Waals surface area (Å²) in [4.78, 5) is 15.4. The van der Waals surface area contributed by atoms with Gasteiger partial charge in [-0.15, -0.1) is 0 Å². The maximum Gasteiger partial charge on any atom is 0.419 e. The van der Waals surface area contributed by atoms with Crippen LogP contribution in [0.4, 0.5) is 23.4 Å². The fraction of sp³-hybridized carbons (Fsp3) is 0.294. The number of amides is 1. The summed E-state index contributed by atoms with van der Waals surface area (Å²) in [6.07, 6.45) is -2.94. The summed E-state index contributed by atoms with van der Waals surface area (Å²) in [7, 11) is 0. The van der Waals surface area contributed by atoms with Crippen LogP contribution in [0.2, 0.25) is 0 Å². The van der Waals surface area contributed by atoms with Gasteiger partial charge in [0.05, 0.1) is 5.56 Å². The summed E-state index contributed by atoms with van der Waals surface area (Å²) in [5.74, 6) is -0.999. The van der Waals surface area contributed by atoms with Gasteiger partial charge < -0.3 is 10.6 Å². The molecule has 0 aliphatic carbocycles. The van der Waals surface area contributed by atoms with Crippen LogP contribution in [0.25, 0.3) is 0 Å². The number of hydrogen-bond acceptors (Lipinski definition) is 3. The minimum atomic E-state index is -4.51. The van der Waals surface area contributed by atoms with E-state index in [0.717, 1.165) is 6.07 Å². The second-order valence-corrected chi connectivity index (χ2v) is 6.33. The van der Waals surface area contributed by atoms with Gasteiger partial charge in [-0.25, -0.2) is 9.37 Å². The Labute approximate surface area is 156 Å². The minimum Gasteiger partial charge on any atom is -0.368 e. The zero-order chi connectivity index (χ0) is 19.2. The molecule has 0 saturated carbocycles. The molecule has 2 aromatic rings. The number of anilines is 1. The van der Waals surface area contributed by atoms with Crippen molar-refractivity contribution in [2.75, 3.05) is 18.4 Å². The second kappa shape index (κ2) is 8.98. The van der Waals surface area contributed by atoms with Crippen molar-refractivity contribution in [3.8, 4) is 0 Å². The van der Waals surface area contributed by atoms with Gasteiger partial charge in [0.25, 0.3) is 0 Å². The molecule has 4 nitrogen and oxygen atoms in total. The van der Waals surface area contributed by atoms with E-state index in [2.05, 4.69) is 31.5 Å². The van der Waals surface area contributed by atoms with Crippen molar-refractivity contribution < 1.29 is 22.4 Å². The first-order valence-electron chi connectivity index (χ1n) is 7.74. The van der Waals surface area contributed by atoms with Gasteiger partial charge in [0.2, 0.25) is 5.91 Å². The highest BCUT2D eigenvalue weighted by molar-refractivity contribution is 9.10. The molecular weight excluding hydrogens is 418 g/mol. The Balaban J connectivity index is 1.76. The zero-order valence-corrected chi connectivity index (χ0v) is 15.1. The first kappa shape index (κ1) is 20.2. The van der Waals surface area contributed by atoms with Crippen LogP contribution in [-0.4, -0.2) is 24.0 Å². The Morgan fingerprint density at radius 2 is 1.96 bits per heavy atom. The van der Waals surface area contributed by atoms with Crippen molar-refractivity contribution in [1.29, 1.82) is 0 Å². The molecule has 0 fully saturated rings. The normalized spacial score (nSPS) is 11.3. The SMILES string of the molecule is O=C(CCc1ccc(Br)cc1F)NCCNc1ncccc1C(F)(F)F. The van der Waals surface area contributed by atoms with Crippen molar-refractivity contribution in [2.45, 2.75) is 19.0 Å². The fourth-order valence-electron chi connectivity index (χ4n) is 2.22. The number of hydrogen-bond donors (Lipinski definition) is 2. The van der Waals surface area contributed by atoms with Gasteiger partial charge in [0.15, 0.2) is 0 Å². The molecule has 0 unspecified atom stereocenters. The molecule has 0 bridgehead atoms. The van der Waals surface area contributed by atoms with Gasteiger partial charge >= 0.3 is 6.18 Å². The average Bonchev–Trinajstić information content (AvgIpc) is 2.57. The Bertz CT molecular complexity index is 768. The number of nitrogens with one attached hydrogen (secondary N) is 2. The number of aryl methyl sites for hydroxylation is 1. The van der Waals surface area contributed by atoms with Crippen molar-refractivity contribution in [1.82, 2.24) is 10.3 Å². The average molecular weight is 434 g/mol. The molecule has 26 heavy (non-hydrogen) atoms. The van der Waals surface area contributed by atoms with Crippen LogP contribution in [0.5, 0.6) is 0 Å². The van der Waals surface area contributed by atoms with E-state index in [9.17, 15) is 22.4 Å². The van der Waals surface area contributed by atoms with Gasteiger partial charge in [-0.3, -0.25) is 4.79 Å². The molecule has 0 atom stereocenters. The van der Waals surface area contributed by atoms with Gasteiger partial charge in [0.1, 0.15) is 11.6 Å². The van der Waals surface area contributed by atoms with Crippen molar-refractivity contribution >= 4 is 27.7 Å². The van der Waals surface area contributed by atoms with Gasteiger partial charge in [-0.05, 0) is 36.2 Å². The van der Waals surface area contributed by atoms with E-state index in [0.29, 0.717) is 10.0 Å². The van der Waals surface area contributed by atoms with Crippen molar-refractivity contribution in [2.24, 2.45) is 0 Å². The molecule has 2 N–H and O–H groups in total. The van der Waals surface area contributed by atoms with E-state index in [1.54, 1.807) is 12.1 Å². The lowest BCUT2D eigenvalue weighted by atomic mass is 10.1. The number of aromatic nitrogens is 1. The molecule has 0 radical (unpaired) electrons. The zero-order valence-electron chi connectivity index (χ0n) is 13.5. The van der Waals surface area contributed by atoms with E-state index in [-0.39, 0.29) is 37.7 Å². The summed E-state index contributed by atoms with van der Waals surface area (Å²) in [6, 6.07) is 6.74. The third-order valence-corrected chi connectivity index (χ3v) is 3.98. The van der Waals surface area contributed by atoms with E-state index >= 15 is 0 Å². The predicted octanol–water partition coefficient (Wildman–Crippen LogP) is 4.16. The molecule has 1 amide bonds. The molecule has 2 rings (SSSR count). The Morgan fingerprint density at radius 3 is 2.65 bits per heavy atom. The van der Waals surface area contributed by atoms with E-state index < -0.39 is 17.6 Å². The van der Waals surface area contributed by atoms with Crippen molar-refractivity contribution in [3.05, 3.63) is 57.9 Å². The smallest absolute Gasteiger partial charge is 0.368 e. The second-order valence-electron chi connectivity index (χ2n) is 5.41. The van der Waals surface area contributed by atoms with Crippen LogP contribution in [0, 0.1) is 5.82 Å². The monoisotopic (exact) mass is 433 g/mol. The van der Waals surface area contributed by atoms with Crippen LogP contribution in [0.15, 0.2) is 41.0 Å². The number of carbonyl (C=O) groups excluding carboxylic acids is 1. The Hall–Kier alpha value is -2.16. The fourth-order valence-corrected chi connectivity index (χ4v) is 2.55. The topological polar surface area (TPSA) is 54.0 Å². The maximum atomic E-state index is 13.7. The Morgan fingerprint density at radius 1 is 1.19 bits per heavy atom. The molecule has 0 aliphatic rings. The number of pyridine rings is 1. The third kappa shape index (κ3) is 5.98. The standard InChI is InChI=1S/C17H16BrF4N3O/c18-12-5-3-11(14(19)10-12)4-6-15(26)23-8-9-25-16-13(17(20,21)22)2-1-7-24-16/h1-3,5,7,10H,4,6,8-9H2,(H,23,26)(H,24,25). The number of rotatable bonds is 7. The van der Waals surface area contributed by atoms with Crippen LogP contribution < -0.4 is 10.6 Å². The first-order valence-corrected chi connectivity index (χ1v) is 8.53. The number of alkyl halides is 3. The molecule has 0 aliphatic heterocycles. The number of halogens is 5. The summed E-state index contributed by atoms with van der Waals surface area (Å²) in [5, 5.41) is 5.12. The van der Waals surface area contributed by atoms with Gasteiger partial charge in [0, 0.05) is 30.2 Å². The quantitative estimate of drug-likeness (QED) is 0.509. The van der Waals surface area contributed by atoms with Crippen LogP contribution in [0.3, 0.4) is 0 Å². The van der Waals surface area contributed by atoms with E-state index in [1.165, 1.54) is 18.3 Å². The predicted molar refractivity (Wildman–Crippen MR) is 93.2 cm³/mol. The summed E-state index contributed by atoms with van der Waals surface area (Å²) >= 11 is 3.15. The molecule has 1 aromatic heterocycles. The molecule has 9 heteroatoms. The summed E-state index contributed by atoms with van der Waals surface area (Å²) < 4.78 is 52.7. The van der Waals surface area contributed by atoms with Crippen molar-refractivity contribution in [3.63, 3.8) is 0 Å². The largest absolute Gasteiger partial charge is 0.419 e. The molecule has 0 saturated heterocycles. The highest BCUT2D eigenvalue weighted by atomic mass is 79.9. The number of benzene rings is 1. The highest BCUT2D eigenvalue weighted by Gasteiger charge is 2.33. The lowest BCUT2D eigenvalue weighted by Gasteiger charge is -2.13. The summed E-state index contributed by atoms with van der Waals surface area (Å²) in [5.41, 5.74) is -0.443. The third-order valence-electron chi connectivity index (χ3n) is 3.49. The number of nitrogens with zero attached hydrogens (tertiary/aromatic N) is 1. The lowest BCUT2D eigenvalue weighted by Crippen LogP contribution is -2.29.